The number of nitrogens with one attached hydrogen (secondary N) is 2. The van der Waals surface area contributed by atoms with E-state index in [2.05, 4.69) is 30.4 Å². The second kappa shape index (κ2) is 4.26. The Kier molecular flexibility index (Phi) is 2.60. The van der Waals surface area contributed by atoms with Gasteiger partial charge in [0.05, 0.1) is 18.6 Å². The van der Waals surface area contributed by atoms with E-state index in [0.29, 0.717) is 18.0 Å². The molecular formula is C10H10ClN7. The van der Waals surface area contributed by atoms with E-state index in [-0.39, 0.29) is 5.28 Å². The maximum Gasteiger partial charge on any atom is 0.226 e. The molecule has 0 amide bonds. The van der Waals surface area contributed by atoms with Crippen LogP contribution in [0.4, 0.5) is 5.82 Å². The molecule has 2 N–H and O–H groups in total. The van der Waals surface area contributed by atoms with Crippen LogP contribution >= 0.6 is 11.6 Å². The predicted octanol–water partition coefficient (Wildman–Crippen LogP) is 1.35. The molecule has 0 fully saturated rings. The van der Waals surface area contributed by atoms with Crippen molar-refractivity contribution < 1.29 is 0 Å². The van der Waals surface area contributed by atoms with Crippen LogP contribution in [-0.2, 0) is 13.6 Å². The zero-order valence-electron chi connectivity index (χ0n) is 9.55. The molecule has 0 saturated carbocycles. The molecule has 0 saturated heterocycles. The number of anilines is 1. The van der Waals surface area contributed by atoms with E-state index < -0.39 is 0 Å². The fourth-order valence-electron chi connectivity index (χ4n) is 1.67. The third-order valence-electron chi connectivity index (χ3n) is 2.46. The van der Waals surface area contributed by atoms with Crippen molar-refractivity contribution >= 4 is 28.6 Å². The van der Waals surface area contributed by atoms with Crippen molar-refractivity contribution in [1.82, 2.24) is 29.7 Å². The van der Waals surface area contributed by atoms with E-state index in [1.807, 2.05) is 19.3 Å². The summed E-state index contributed by atoms with van der Waals surface area (Å²) in [5.74, 6) is 0.619. The molecule has 92 valence electrons. The van der Waals surface area contributed by atoms with Crippen LogP contribution in [0.25, 0.3) is 11.2 Å². The highest BCUT2D eigenvalue weighted by atomic mass is 35.5. The van der Waals surface area contributed by atoms with Crippen molar-refractivity contribution in [2.24, 2.45) is 7.05 Å². The number of aryl methyl sites for hydroxylation is 1. The van der Waals surface area contributed by atoms with E-state index in [9.17, 15) is 0 Å². The number of aromatic amines is 1. The number of imidazole rings is 1. The molecular weight excluding hydrogens is 254 g/mol. The Bertz CT molecular complexity index is 686. The molecule has 0 aliphatic rings. The molecule has 18 heavy (non-hydrogen) atoms. The van der Waals surface area contributed by atoms with Crippen molar-refractivity contribution in [2.75, 3.05) is 5.32 Å². The lowest BCUT2D eigenvalue weighted by Gasteiger charge is -2.04. The highest BCUT2D eigenvalue weighted by Gasteiger charge is 2.08. The van der Waals surface area contributed by atoms with Gasteiger partial charge in [-0.25, -0.2) is 4.98 Å². The maximum absolute atomic E-state index is 5.83. The number of halogens is 1. The predicted molar refractivity (Wildman–Crippen MR) is 67.2 cm³/mol. The zero-order valence-corrected chi connectivity index (χ0v) is 10.3. The third-order valence-corrected chi connectivity index (χ3v) is 2.63. The molecule has 3 aromatic heterocycles. The third kappa shape index (κ3) is 2.00. The fraction of sp³-hybridized carbons (Fsp3) is 0.200. The van der Waals surface area contributed by atoms with Gasteiger partial charge in [0.1, 0.15) is 5.52 Å². The number of hydrogen-bond acceptors (Lipinski definition) is 5. The van der Waals surface area contributed by atoms with Gasteiger partial charge in [0.25, 0.3) is 0 Å². The Morgan fingerprint density at radius 1 is 1.44 bits per heavy atom. The van der Waals surface area contributed by atoms with Crippen molar-refractivity contribution in [3.05, 3.63) is 29.6 Å². The second-order valence-electron chi connectivity index (χ2n) is 3.78. The highest BCUT2D eigenvalue weighted by Crippen LogP contribution is 2.18. The van der Waals surface area contributed by atoms with Crippen molar-refractivity contribution in [2.45, 2.75) is 6.54 Å². The van der Waals surface area contributed by atoms with Gasteiger partial charge in [-0.1, -0.05) is 0 Å². The molecule has 0 aromatic carbocycles. The monoisotopic (exact) mass is 263 g/mol. The molecule has 0 unspecified atom stereocenters. The van der Waals surface area contributed by atoms with Crippen LogP contribution in [0.15, 0.2) is 18.6 Å². The maximum atomic E-state index is 5.83. The molecule has 7 nitrogen and oxygen atoms in total. The van der Waals surface area contributed by atoms with Crippen LogP contribution < -0.4 is 5.32 Å². The summed E-state index contributed by atoms with van der Waals surface area (Å²) < 4.78 is 1.75. The molecule has 3 heterocycles. The lowest BCUT2D eigenvalue weighted by molar-refractivity contribution is 0.747. The molecule has 0 bridgehead atoms. The first-order valence-electron chi connectivity index (χ1n) is 5.31. The van der Waals surface area contributed by atoms with Gasteiger partial charge in [-0.05, 0) is 17.7 Å². The standard InChI is InChI=1S/C10H10ClN7/c1-18-3-2-6(17-18)4-12-8-7-9(14-5-13-7)16-10(11)15-8/h2-3,5H,4H2,1H3,(H2,12,13,14,15,16). The van der Waals surface area contributed by atoms with Gasteiger partial charge in [0.15, 0.2) is 11.5 Å². The van der Waals surface area contributed by atoms with Crippen LogP contribution in [0.5, 0.6) is 0 Å². The van der Waals surface area contributed by atoms with Gasteiger partial charge >= 0.3 is 0 Å². The Morgan fingerprint density at radius 2 is 2.33 bits per heavy atom. The summed E-state index contributed by atoms with van der Waals surface area (Å²) >= 11 is 5.83. The summed E-state index contributed by atoms with van der Waals surface area (Å²) in [5, 5.41) is 7.59. The normalized spacial score (nSPS) is 11.0. The highest BCUT2D eigenvalue weighted by molar-refractivity contribution is 6.28. The van der Waals surface area contributed by atoms with E-state index in [0.717, 1.165) is 11.2 Å². The lowest BCUT2D eigenvalue weighted by atomic mass is 10.4. The van der Waals surface area contributed by atoms with E-state index >= 15 is 0 Å². The van der Waals surface area contributed by atoms with Crippen LogP contribution in [0.1, 0.15) is 5.69 Å². The van der Waals surface area contributed by atoms with Gasteiger partial charge in [-0.15, -0.1) is 0 Å². The second-order valence-corrected chi connectivity index (χ2v) is 4.11. The minimum atomic E-state index is 0.165. The molecule has 0 radical (unpaired) electrons. The number of hydrogen-bond donors (Lipinski definition) is 2. The Hall–Kier alpha value is -2.15. The van der Waals surface area contributed by atoms with Crippen LogP contribution in [0.3, 0.4) is 0 Å². The van der Waals surface area contributed by atoms with Crippen LogP contribution in [0.2, 0.25) is 5.28 Å². The molecule has 3 aromatic rings. The number of rotatable bonds is 3. The first-order valence-corrected chi connectivity index (χ1v) is 5.69. The van der Waals surface area contributed by atoms with Gasteiger partial charge < -0.3 is 10.3 Å². The van der Waals surface area contributed by atoms with E-state index in [4.69, 9.17) is 11.6 Å². The fourth-order valence-corrected chi connectivity index (χ4v) is 1.83. The van der Waals surface area contributed by atoms with Gasteiger partial charge in [0, 0.05) is 13.2 Å². The molecule has 0 aliphatic heterocycles. The van der Waals surface area contributed by atoms with Crippen LogP contribution in [-0.4, -0.2) is 29.7 Å². The number of nitrogens with zero attached hydrogens (tertiary/aromatic N) is 5. The molecule has 3 rings (SSSR count). The molecule has 0 spiro atoms. The largest absolute Gasteiger partial charge is 0.362 e. The number of aromatic nitrogens is 6. The average molecular weight is 264 g/mol. The first kappa shape index (κ1) is 11.0. The van der Waals surface area contributed by atoms with E-state index in [1.165, 1.54) is 0 Å². The van der Waals surface area contributed by atoms with Crippen molar-refractivity contribution in [3.8, 4) is 0 Å². The summed E-state index contributed by atoms with van der Waals surface area (Å²) in [5.41, 5.74) is 2.19. The number of fused-ring (bicyclic) bond motifs is 1. The zero-order chi connectivity index (χ0) is 12.5. The van der Waals surface area contributed by atoms with Crippen molar-refractivity contribution in [3.63, 3.8) is 0 Å². The molecule has 8 heteroatoms. The quantitative estimate of drug-likeness (QED) is 0.697. The first-order chi connectivity index (χ1) is 8.72. The van der Waals surface area contributed by atoms with Crippen molar-refractivity contribution in [1.29, 1.82) is 0 Å². The summed E-state index contributed by atoms with van der Waals surface area (Å²) in [6, 6.07) is 1.93. The Labute approximate surface area is 107 Å². The van der Waals surface area contributed by atoms with E-state index in [1.54, 1.807) is 11.0 Å². The average Bonchev–Trinajstić information content (AvgIpc) is 2.94. The van der Waals surface area contributed by atoms with Gasteiger partial charge in [0.2, 0.25) is 5.28 Å². The van der Waals surface area contributed by atoms with Gasteiger partial charge in [-0.2, -0.15) is 15.1 Å². The Morgan fingerprint density at radius 3 is 3.11 bits per heavy atom. The minimum absolute atomic E-state index is 0.165. The summed E-state index contributed by atoms with van der Waals surface area (Å²) in [7, 11) is 1.87. The lowest BCUT2D eigenvalue weighted by Crippen LogP contribution is -2.04. The SMILES string of the molecule is Cn1ccc(CNc2nc(Cl)nc3nc[nH]c23)n1. The Balaban J connectivity index is 1.87. The minimum Gasteiger partial charge on any atom is -0.362 e. The summed E-state index contributed by atoms with van der Waals surface area (Å²) in [6.45, 7) is 0.558. The topological polar surface area (TPSA) is 84.3 Å². The molecule has 0 aliphatic carbocycles. The van der Waals surface area contributed by atoms with Gasteiger partial charge in [-0.3, -0.25) is 4.68 Å². The molecule has 0 atom stereocenters. The number of H-pyrrole nitrogens is 1. The summed E-state index contributed by atoms with van der Waals surface area (Å²) in [6.07, 6.45) is 3.44. The smallest absolute Gasteiger partial charge is 0.226 e. The van der Waals surface area contributed by atoms with Crippen LogP contribution in [0, 0.1) is 0 Å². The summed E-state index contributed by atoms with van der Waals surface area (Å²) in [4.78, 5) is 15.2.